The van der Waals surface area contributed by atoms with Crippen molar-refractivity contribution in [2.24, 2.45) is 10.2 Å². The number of aromatic hydroxyl groups is 1. The fourth-order valence-electron chi connectivity index (χ4n) is 3.33. The first-order valence-electron chi connectivity index (χ1n) is 10.3. The van der Waals surface area contributed by atoms with Gasteiger partial charge < -0.3 is 10.4 Å². The molecule has 0 atom stereocenters. The highest BCUT2D eigenvalue weighted by atomic mass is 16.3. The normalized spacial score (nSPS) is 11.0. The van der Waals surface area contributed by atoms with Crippen molar-refractivity contribution in [1.82, 2.24) is 5.32 Å². The molecule has 0 aliphatic carbocycles. The molecule has 4 rings (SSSR count). The second-order valence-electron chi connectivity index (χ2n) is 7.68. The molecule has 0 unspecified atom stereocenters. The summed E-state index contributed by atoms with van der Waals surface area (Å²) in [6.45, 7) is 3.90. The number of hydrogen-bond acceptors (Lipinski definition) is 5. The van der Waals surface area contributed by atoms with Gasteiger partial charge in [0.2, 0.25) is 0 Å². The molecule has 0 spiro atoms. The topological polar surface area (TPSA) is 103 Å². The van der Waals surface area contributed by atoms with Gasteiger partial charge in [-0.05, 0) is 67.3 Å². The number of azo groups is 1. The van der Waals surface area contributed by atoms with Crippen LogP contribution in [0.4, 0.5) is 21.9 Å². The number of phenols is 1. The van der Waals surface area contributed by atoms with Crippen LogP contribution < -0.4 is 10.6 Å². The van der Waals surface area contributed by atoms with Crippen LogP contribution in [0.1, 0.15) is 21.5 Å². The number of hydrogen-bond donors (Lipinski definition) is 3. The van der Waals surface area contributed by atoms with Crippen molar-refractivity contribution in [2.75, 3.05) is 5.32 Å². The van der Waals surface area contributed by atoms with Crippen LogP contribution in [0.3, 0.4) is 0 Å². The standard InChI is InChI=1S/C26H22N4O3/c1-16-6-10-20(11-7-16)29-30-24-22-12-8-19(15-18(22)9-13-23(24)31)25(32)28-26(33)27-21-5-3-4-17(2)14-21/h3-15,31H,1-2H3,(H2,27,28,32,33). The summed E-state index contributed by atoms with van der Waals surface area (Å²) < 4.78 is 0. The van der Waals surface area contributed by atoms with E-state index in [-0.39, 0.29) is 5.75 Å². The molecule has 4 aromatic carbocycles. The maximum atomic E-state index is 12.6. The quantitative estimate of drug-likeness (QED) is 0.315. The molecule has 3 N–H and O–H groups in total. The number of urea groups is 1. The van der Waals surface area contributed by atoms with Crippen LogP contribution in [-0.4, -0.2) is 17.0 Å². The minimum atomic E-state index is -0.621. The van der Waals surface area contributed by atoms with Gasteiger partial charge in [0, 0.05) is 16.6 Å². The van der Waals surface area contributed by atoms with Crippen LogP contribution in [0, 0.1) is 13.8 Å². The molecule has 0 saturated carbocycles. The third kappa shape index (κ3) is 5.22. The predicted molar refractivity (Wildman–Crippen MR) is 129 cm³/mol. The van der Waals surface area contributed by atoms with Crippen LogP contribution in [0.25, 0.3) is 10.8 Å². The zero-order valence-corrected chi connectivity index (χ0v) is 18.2. The average Bonchev–Trinajstić information content (AvgIpc) is 2.79. The van der Waals surface area contributed by atoms with Crippen LogP contribution in [0.2, 0.25) is 0 Å². The van der Waals surface area contributed by atoms with Gasteiger partial charge in [0.15, 0.2) is 0 Å². The minimum absolute atomic E-state index is 0.0203. The molecule has 0 fully saturated rings. The second-order valence-corrected chi connectivity index (χ2v) is 7.68. The van der Waals surface area contributed by atoms with E-state index in [1.165, 1.54) is 6.07 Å². The van der Waals surface area contributed by atoms with E-state index in [9.17, 15) is 14.7 Å². The Kier molecular flexibility index (Phi) is 6.13. The fraction of sp³-hybridized carbons (Fsp3) is 0.0769. The van der Waals surface area contributed by atoms with Crippen molar-refractivity contribution < 1.29 is 14.7 Å². The third-order valence-electron chi connectivity index (χ3n) is 5.03. The number of carbonyl (C=O) groups excluding carboxylic acids is 2. The summed E-state index contributed by atoms with van der Waals surface area (Å²) in [7, 11) is 0. The van der Waals surface area contributed by atoms with E-state index < -0.39 is 11.9 Å². The number of amides is 3. The van der Waals surface area contributed by atoms with E-state index in [4.69, 9.17) is 0 Å². The molecule has 0 radical (unpaired) electrons. The summed E-state index contributed by atoms with van der Waals surface area (Å²) in [6.07, 6.45) is 0. The molecule has 0 aromatic heterocycles. The first kappa shape index (κ1) is 21.7. The zero-order valence-electron chi connectivity index (χ0n) is 18.2. The molecule has 4 aromatic rings. The predicted octanol–water partition coefficient (Wildman–Crippen LogP) is 6.54. The van der Waals surface area contributed by atoms with Crippen LogP contribution >= 0.6 is 0 Å². The van der Waals surface area contributed by atoms with Crippen LogP contribution in [0.5, 0.6) is 5.75 Å². The second kappa shape index (κ2) is 9.32. The summed E-state index contributed by atoms with van der Waals surface area (Å²) in [5, 5.41) is 25.0. The summed E-state index contributed by atoms with van der Waals surface area (Å²) >= 11 is 0. The highest BCUT2D eigenvalue weighted by Gasteiger charge is 2.13. The molecular weight excluding hydrogens is 416 g/mol. The molecule has 164 valence electrons. The minimum Gasteiger partial charge on any atom is -0.506 e. The first-order valence-corrected chi connectivity index (χ1v) is 10.3. The van der Waals surface area contributed by atoms with Crippen molar-refractivity contribution in [3.8, 4) is 5.75 Å². The van der Waals surface area contributed by atoms with Crippen LogP contribution in [0.15, 0.2) is 89.1 Å². The van der Waals surface area contributed by atoms with Crippen molar-refractivity contribution in [1.29, 1.82) is 0 Å². The number of anilines is 1. The molecule has 33 heavy (non-hydrogen) atoms. The van der Waals surface area contributed by atoms with E-state index in [1.54, 1.807) is 36.4 Å². The van der Waals surface area contributed by atoms with Gasteiger partial charge >= 0.3 is 6.03 Å². The maximum absolute atomic E-state index is 12.6. The molecule has 7 nitrogen and oxygen atoms in total. The Hall–Kier alpha value is -4.52. The lowest BCUT2D eigenvalue weighted by Gasteiger charge is -2.09. The number of fused-ring (bicyclic) bond motifs is 1. The number of nitrogens with zero attached hydrogens (tertiary/aromatic N) is 2. The number of imide groups is 1. The summed E-state index contributed by atoms with van der Waals surface area (Å²) in [4.78, 5) is 24.8. The Bertz CT molecular complexity index is 1380. The Balaban J connectivity index is 1.54. The summed E-state index contributed by atoms with van der Waals surface area (Å²) in [5.74, 6) is -0.564. The molecule has 0 bridgehead atoms. The van der Waals surface area contributed by atoms with Gasteiger partial charge in [0.1, 0.15) is 11.4 Å². The van der Waals surface area contributed by atoms with Gasteiger partial charge in [-0.25, -0.2) is 4.79 Å². The number of benzene rings is 4. The Morgan fingerprint density at radius 1 is 0.818 bits per heavy atom. The largest absolute Gasteiger partial charge is 0.506 e. The lowest BCUT2D eigenvalue weighted by molar-refractivity contribution is 0.0967. The molecule has 0 saturated heterocycles. The Morgan fingerprint density at radius 3 is 2.36 bits per heavy atom. The highest BCUT2D eigenvalue weighted by Crippen LogP contribution is 2.36. The molecule has 0 aliphatic heterocycles. The van der Waals surface area contributed by atoms with Gasteiger partial charge in [0.25, 0.3) is 5.91 Å². The SMILES string of the molecule is Cc1ccc(N=Nc2c(O)ccc3cc(C(=O)NC(=O)Nc4cccc(C)c4)ccc23)cc1. The lowest BCUT2D eigenvalue weighted by Crippen LogP contribution is -2.34. The molecule has 3 amide bonds. The van der Waals surface area contributed by atoms with Crippen LogP contribution in [-0.2, 0) is 0 Å². The van der Waals surface area contributed by atoms with E-state index >= 15 is 0 Å². The molecule has 7 heteroatoms. The molecule has 0 heterocycles. The summed E-state index contributed by atoms with van der Waals surface area (Å²) in [5.41, 5.74) is 3.96. The van der Waals surface area contributed by atoms with Crippen molar-refractivity contribution in [3.63, 3.8) is 0 Å². The monoisotopic (exact) mass is 438 g/mol. The van der Waals surface area contributed by atoms with E-state index in [2.05, 4.69) is 20.9 Å². The number of nitrogens with one attached hydrogen (secondary N) is 2. The summed E-state index contributed by atoms with van der Waals surface area (Å²) in [6, 6.07) is 22.2. The molecule has 0 aliphatic rings. The van der Waals surface area contributed by atoms with Gasteiger partial charge in [-0.3, -0.25) is 10.1 Å². The van der Waals surface area contributed by atoms with E-state index in [0.29, 0.717) is 33.4 Å². The first-order chi connectivity index (χ1) is 15.9. The Labute approximate surface area is 190 Å². The Morgan fingerprint density at radius 2 is 1.61 bits per heavy atom. The molecular formula is C26H22N4O3. The van der Waals surface area contributed by atoms with Crippen molar-refractivity contribution >= 4 is 39.8 Å². The zero-order chi connectivity index (χ0) is 23.4. The fourth-order valence-corrected chi connectivity index (χ4v) is 3.33. The van der Waals surface area contributed by atoms with Gasteiger partial charge in [-0.2, -0.15) is 5.11 Å². The van der Waals surface area contributed by atoms with E-state index in [1.807, 2.05) is 50.2 Å². The number of carbonyl (C=O) groups is 2. The lowest BCUT2D eigenvalue weighted by atomic mass is 10.0. The highest BCUT2D eigenvalue weighted by molar-refractivity contribution is 6.10. The number of aryl methyl sites for hydroxylation is 2. The van der Waals surface area contributed by atoms with Crippen molar-refractivity contribution in [3.05, 3.63) is 95.6 Å². The number of phenolic OH excluding ortho intramolecular Hbond substituents is 1. The average molecular weight is 438 g/mol. The third-order valence-corrected chi connectivity index (χ3v) is 5.03. The van der Waals surface area contributed by atoms with E-state index in [0.717, 1.165) is 11.1 Å². The van der Waals surface area contributed by atoms with Gasteiger partial charge in [0.05, 0.1) is 5.69 Å². The van der Waals surface area contributed by atoms with Gasteiger partial charge in [-0.15, -0.1) is 5.11 Å². The number of rotatable bonds is 4. The van der Waals surface area contributed by atoms with Gasteiger partial charge in [-0.1, -0.05) is 42.0 Å². The smallest absolute Gasteiger partial charge is 0.326 e. The van der Waals surface area contributed by atoms with Crippen molar-refractivity contribution in [2.45, 2.75) is 13.8 Å². The maximum Gasteiger partial charge on any atom is 0.326 e.